The van der Waals surface area contributed by atoms with Crippen molar-refractivity contribution in [1.29, 1.82) is 0 Å². The van der Waals surface area contributed by atoms with Crippen molar-refractivity contribution >= 4 is 55.7 Å². The van der Waals surface area contributed by atoms with Gasteiger partial charge in [-0.25, -0.2) is 8.42 Å². The number of carbonyl (C=O) groups excluding carboxylic acids is 1. The average Bonchev–Trinajstić information content (AvgIpc) is 3.03. The summed E-state index contributed by atoms with van der Waals surface area (Å²) in [5, 5.41) is 1.21. The fourth-order valence-electron chi connectivity index (χ4n) is 3.45. The van der Waals surface area contributed by atoms with Crippen LogP contribution in [-0.2, 0) is 21.8 Å². The summed E-state index contributed by atoms with van der Waals surface area (Å²) < 4.78 is 35.1. The third-order valence-corrected chi connectivity index (χ3v) is 6.72. The second-order valence-corrected chi connectivity index (χ2v) is 9.56. The van der Waals surface area contributed by atoms with Crippen molar-refractivity contribution in [2.45, 2.75) is 4.90 Å². The van der Waals surface area contributed by atoms with Crippen LogP contribution in [0.15, 0.2) is 47.5 Å². The molecular formula is C20H19Cl2N3O4S. The number of amides is 1. The molecule has 0 radical (unpaired) electrons. The molecule has 2 aromatic carbocycles. The Morgan fingerprint density at radius 2 is 1.73 bits per heavy atom. The van der Waals surface area contributed by atoms with Gasteiger partial charge in [0.15, 0.2) is 0 Å². The number of nitrogens with zero attached hydrogens (tertiary/aromatic N) is 2. The molecular weight excluding hydrogens is 449 g/mol. The van der Waals surface area contributed by atoms with Crippen LogP contribution in [0, 0.1) is 0 Å². The lowest BCUT2D eigenvalue weighted by molar-refractivity contribution is 0.0304. The Bertz CT molecular complexity index is 1210. The van der Waals surface area contributed by atoms with Gasteiger partial charge >= 0.3 is 0 Å². The van der Waals surface area contributed by atoms with Crippen molar-refractivity contribution < 1.29 is 17.9 Å². The molecule has 1 saturated heterocycles. The average molecular weight is 468 g/mol. The van der Waals surface area contributed by atoms with Crippen molar-refractivity contribution in [3.63, 3.8) is 0 Å². The smallest absolute Gasteiger partial charge is 0.261 e. The summed E-state index contributed by atoms with van der Waals surface area (Å²) >= 11 is 11.9. The van der Waals surface area contributed by atoms with Gasteiger partial charge in [-0.2, -0.15) is 0 Å². The molecule has 2 heterocycles. The molecule has 0 unspecified atom stereocenters. The molecule has 158 valence electrons. The monoisotopic (exact) mass is 467 g/mol. The second-order valence-electron chi connectivity index (χ2n) is 7.00. The van der Waals surface area contributed by atoms with Gasteiger partial charge in [0.2, 0.25) is 0 Å². The summed E-state index contributed by atoms with van der Waals surface area (Å²) in [5.41, 5.74) is 1.67. The molecule has 1 fully saturated rings. The maximum atomic E-state index is 12.9. The summed E-state index contributed by atoms with van der Waals surface area (Å²) in [5.74, 6) is -0.0641. The van der Waals surface area contributed by atoms with Gasteiger partial charge in [0, 0.05) is 41.8 Å². The van der Waals surface area contributed by atoms with Gasteiger partial charge in [-0.05, 0) is 36.4 Å². The minimum absolute atomic E-state index is 0.0323. The zero-order chi connectivity index (χ0) is 21.5. The molecule has 0 spiro atoms. The van der Waals surface area contributed by atoms with E-state index in [2.05, 4.69) is 4.72 Å². The van der Waals surface area contributed by atoms with Crippen LogP contribution in [0.25, 0.3) is 10.9 Å². The third-order valence-electron chi connectivity index (χ3n) is 4.92. The number of aryl methyl sites for hydroxylation is 1. The van der Waals surface area contributed by atoms with Gasteiger partial charge in [-0.3, -0.25) is 9.52 Å². The van der Waals surface area contributed by atoms with E-state index in [4.69, 9.17) is 27.9 Å². The predicted octanol–water partition coefficient (Wildman–Crippen LogP) is 3.76. The molecule has 1 aliphatic heterocycles. The normalized spacial score (nSPS) is 14.8. The molecule has 7 nitrogen and oxygen atoms in total. The number of carbonyl (C=O) groups is 1. The van der Waals surface area contributed by atoms with Gasteiger partial charge in [0.25, 0.3) is 15.9 Å². The van der Waals surface area contributed by atoms with E-state index in [1.54, 1.807) is 33.9 Å². The van der Waals surface area contributed by atoms with Crippen LogP contribution in [0.2, 0.25) is 10.0 Å². The Kier molecular flexibility index (Phi) is 5.67. The topological polar surface area (TPSA) is 80.6 Å². The SMILES string of the molecule is Cn1cc(C(=O)N2CCOCC2)c2ccc(NS(=O)(=O)c3cc(Cl)cc(Cl)c3)cc21. The number of ether oxygens (including phenoxy) is 1. The number of fused-ring (bicyclic) bond motifs is 1. The van der Waals surface area contributed by atoms with E-state index < -0.39 is 10.0 Å². The van der Waals surface area contributed by atoms with E-state index >= 15 is 0 Å². The largest absolute Gasteiger partial charge is 0.378 e. The Morgan fingerprint density at radius 1 is 1.07 bits per heavy atom. The molecule has 0 bridgehead atoms. The van der Waals surface area contributed by atoms with Crippen molar-refractivity contribution in [2.75, 3.05) is 31.0 Å². The maximum Gasteiger partial charge on any atom is 0.261 e. The predicted molar refractivity (Wildman–Crippen MR) is 117 cm³/mol. The van der Waals surface area contributed by atoms with Gasteiger partial charge in [0.1, 0.15) is 0 Å². The van der Waals surface area contributed by atoms with Gasteiger partial charge < -0.3 is 14.2 Å². The van der Waals surface area contributed by atoms with Crippen LogP contribution in [0.1, 0.15) is 10.4 Å². The van der Waals surface area contributed by atoms with Gasteiger partial charge in [-0.15, -0.1) is 0 Å². The minimum Gasteiger partial charge on any atom is -0.378 e. The first-order valence-electron chi connectivity index (χ1n) is 9.19. The first-order chi connectivity index (χ1) is 14.2. The molecule has 10 heteroatoms. The molecule has 30 heavy (non-hydrogen) atoms. The van der Waals surface area contributed by atoms with E-state index in [9.17, 15) is 13.2 Å². The molecule has 0 aliphatic carbocycles. The molecule has 4 rings (SSSR count). The number of nitrogens with one attached hydrogen (secondary N) is 1. The number of aromatic nitrogens is 1. The van der Waals surface area contributed by atoms with E-state index in [1.807, 2.05) is 7.05 Å². The first kappa shape index (κ1) is 21.0. The van der Waals surface area contributed by atoms with Gasteiger partial charge in [0.05, 0.1) is 34.9 Å². The van der Waals surface area contributed by atoms with Crippen LogP contribution in [0.4, 0.5) is 5.69 Å². The van der Waals surface area contributed by atoms with Crippen LogP contribution >= 0.6 is 23.2 Å². The zero-order valence-electron chi connectivity index (χ0n) is 16.1. The van der Waals surface area contributed by atoms with Crippen molar-refractivity contribution in [3.8, 4) is 0 Å². The Hall–Kier alpha value is -2.26. The number of hydrogen-bond acceptors (Lipinski definition) is 4. The number of halogens is 2. The highest BCUT2D eigenvalue weighted by atomic mass is 35.5. The summed E-state index contributed by atoms with van der Waals surface area (Å²) in [6, 6.07) is 9.18. The minimum atomic E-state index is -3.88. The highest BCUT2D eigenvalue weighted by Crippen LogP contribution is 2.28. The summed E-state index contributed by atoms with van der Waals surface area (Å²) in [6.07, 6.45) is 1.76. The fraction of sp³-hybridized carbons (Fsp3) is 0.250. The van der Waals surface area contributed by atoms with Crippen LogP contribution in [-0.4, -0.2) is 50.1 Å². The Labute approximate surface area is 184 Å². The first-order valence-corrected chi connectivity index (χ1v) is 11.4. The van der Waals surface area contributed by atoms with Crippen LogP contribution in [0.5, 0.6) is 0 Å². The van der Waals surface area contributed by atoms with E-state index in [1.165, 1.54) is 18.2 Å². The van der Waals surface area contributed by atoms with E-state index in [-0.39, 0.29) is 20.8 Å². The standard InChI is InChI=1S/C20H19Cl2N3O4S/c1-24-12-18(20(26)25-4-6-29-7-5-25)17-3-2-15(11-19(17)24)23-30(27,28)16-9-13(21)8-14(22)10-16/h2-3,8-12,23H,4-7H2,1H3. The van der Waals surface area contributed by atoms with Crippen molar-refractivity contribution in [1.82, 2.24) is 9.47 Å². The summed E-state index contributed by atoms with van der Waals surface area (Å²) in [4.78, 5) is 14.6. The van der Waals surface area contributed by atoms with Crippen molar-refractivity contribution in [2.24, 2.45) is 7.05 Å². The lowest BCUT2D eigenvalue weighted by atomic mass is 10.1. The van der Waals surface area contributed by atoms with Gasteiger partial charge in [-0.1, -0.05) is 23.2 Å². The summed E-state index contributed by atoms with van der Waals surface area (Å²) in [6.45, 7) is 2.15. The Balaban J connectivity index is 1.65. The number of morpholine rings is 1. The lowest BCUT2D eigenvalue weighted by Gasteiger charge is -2.26. The molecule has 1 amide bonds. The molecule has 3 aromatic rings. The van der Waals surface area contributed by atoms with Crippen LogP contribution < -0.4 is 4.72 Å². The number of sulfonamides is 1. The van der Waals surface area contributed by atoms with E-state index in [0.29, 0.717) is 37.6 Å². The second kappa shape index (κ2) is 8.11. The van der Waals surface area contributed by atoms with Crippen LogP contribution in [0.3, 0.4) is 0 Å². The fourth-order valence-corrected chi connectivity index (χ4v) is 5.23. The molecule has 1 aromatic heterocycles. The summed E-state index contributed by atoms with van der Waals surface area (Å²) in [7, 11) is -2.07. The Morgan fingerprint density at radius 3 is 2.40 bits per heavy atom. The highest BCUT2D eigenvalue weighted by molar-refractivity contribution is 7.92. The van der Waals surface area contributed by atoms with Crippen molar-refractivity contribution in [3.05, 3.63) is 58.2 Å². The molecule has 1 aliphatic rings. The quantitative estimate of drug-likeness (QED) is 0.633. The lowest BCUT2D eigenvalue weighted by Crippen LogP contribution is -2.40. The number of benzene rings is 2. The highest BCUT2D eigenvalue weighted by Gasteiger charge is 2.23. The number of anilines is 1. The van der Waals surface area contributed by atoms with E-state index in [0.717, 1.165) is 10.9 Å². The third kappa shape index (κ3) is 4.13. The number of hydrogen-bond donors (Lipinski definition) is 1. The number of rotatable bonds is 4. The maximum absolute atomic E-state index is 12.9. The molecule has 0 saturated carbocycles. The molecule has 1 N–H and O–H groups in total. The zero-order valence-corrected chi connectivity index (χ0v) is 18.4. The molecule has 0 atom stereocenters.